The van der Waals surface area contributed by atoms with E-state index >= 15 is 0 Å². The molecule has 5 nitrogen and oxygen atoms in total. The Kier molecular flexibility index (Phi) is 2.64. The van der Waals surface area contributed by atoms with Crippen molar-refractivity contribution >= 4 is 0 Å². The Labute approximate surface area is 71.4 Å². The second-order valence-electron chi connectivity index (χ2n) is 3.33. The van der Waals surface area contributed by atoms with Crippen LogP contribution in [0.3, 0.4) is 0 Å². The molecule has 0 N–H and O–H groups in total. The Morgan fingerprint density at radius 3 is 2.75 bits per heavy atom. The summed E-state index contributed by atoms with van der Waals surface area (Å²) in [5.74, 6) is 0. The van der Waals surface area contributed by atoms with E-state index in [4.69, 9.17) is 4.74 Å². The van der Waals surface area contributed by atoms with Gasteiger partial charge in [0.2, 0.25) is 0 Å². The summed E-state index contributed by atoms with van der Waals surface area (Å²) in [6.45, 7) is 3.04. The third-order valence-electron chi connectivity index (χ3n) is 2.29. The van der Waals surface area contributed by atoms with Gasteiger partial charge in [0.1, 0.15) is 6.61 Å². The predicted octanol–water partition coefficient (Wildman–Crippen LogP) is 0.331. The maximum atomic E-state index is 10.8. The van der Waals surface area contributed by atoms with E-state index in [1.54, 1.807) is 0 Å². The highest BCUT2D eigenvalue weighted by molar-refractivity contribution is 4.83. The first kappa shape index (κ1) is 9.41. The van der Waals surface area contributed by atoms with Crippen LogP contribution in [-0.4, -0.2) is 42.3 Å². The van der Waals surface area contributed by atoms with Crippen LogP contribution in [0.15, 0.2) is 0 Å². The zero-order valence-corrected chi connectivity index (χ0v) is 7.45. The van der Waals surface area contributed by atoms with Crippen molar-refractivity contribution in [1.29, 1.82) is 0 Å². The largest absolute Gasteiger partial charge is 0.359 e. The molecule has 1 fully saturated rings. The van der Waals surface area contributed by atoms with E-state index in [0.717, 1.165) is 0 Å². The number of nitrogens with zero attached hydrogens (tertiary/aromatic N) is 2. The normalized spacial score (nSPS) is 31.8. The van der Waals surface area contributed by atoms with Gasteiger partial charge in [0.15, 0.2) is 0 Å². The van der Waals surface area contributed by atoms with Crippen LogP contribution in [0.5, 0.6) is 0 Å². The highest BCUT2D eigenvalue weighted by Gasteiger charge is 2.44. The molecule has 0 saturated carbocycles. The van der Waals surface area contributed by atoms with Crippen LogP contribution in [0.4, 0.5) is 0 Å². The second-order valence-corrected chi connectivity index (χ2v) is 3.33. The quantitative estimate of drug-likeness (QED) is 0.447. The van der Waals surface area contributed by atoms with E-state index in [9.17, 15) is 10.1 Å². The van der Waals surface area contributed by atoms with E-state index in [1.807, 2.05) is 18.9 Å². The molecule has 0 amide bonds. The smallest absolute Gasteiger partial charge is 0.257 e. The molecule has 1 rings (SSSR count). The van der Waals surface area contributed by atoms with Crippen molar-refractivity contribution in [3.63, 3.8) is 0 Å². The van der Waals surface area contributed by atoms with Gasteiger partial charge in [-0.15, -0.1) is 0 Å². The molecule has 12 heavy (non-hydrogen) atoms. The molecule has 1 aliphatic heterocycles. The Morgan fingerprint density at radius 2 is 2.42 bits per heavy atom. The maximum Gasteiger partial charge on any atom is 0.257 e. The fraction of sp³-hybridized carbons (Fsp3) is 1.00. The lowest BCUT2D eigenvalue weighted by atomic mass is 9.97. The SMILES string of the molecule is CC[C@@]1([N+](=O)[O-])COCN(C)C1. The lowest BCUT2D eigenvalue weighted by Crippen LogP contribution is -2.55. The molecule has 0 spiro atoms. The van der Waals surface area contributed by atoms with Gasteiger partial charge in [-0.1, -0.05) is 6.92 Å². The molecule has 5 heteroatoms. The molecule has 0 aromatic heterocycles. The molecular weight excluding hydrogens is 160 g/mol. The summed E-state index contributed by atoms with van der Waals surface area (Å²) in [6.07, 6.45) is 0.518. The summed E-state index contributed by atoms with van der Waals surface area (Å²) in [5, 5.41) is 10.8. The lowest BCUT2D eigenvalue weighted by molar-refractivity contribution is -0.581. The van der Waals surface area contributed by atoms with Crippen molar-refractivity contribution in [2.75, 3.05) is 26.9 Å². The van der Waals surface area contributed by atoms with Crippen molar-refractivity contribution in [2.24, 2.45) is 0 Å². The Bertz CT molecular complexity index is 185. The fourth-order valence-electron chi connectivity index (χ4n) is 1.44. The summed E-state index contributed by atoms with van der Waals surface area (Å²) in [4.78, 5) is 12.4. The summed E-state index contributed by atoms with van der Waals surface area (Å²) in [7, 11) is 1.83. The zero-order valence-electron chi connectivity index (χ0n) is 7.45. The van der Waals surface area contributed by atoms with Gasteiger partial charge in [-0.3, -0.25) is 15.0 Å². The van der Waals surface area contributed by atoms with Crippen LogP contribution in [-0.2, 0) is 4.74 Å². The van der Waals surface area contributed by atoms with Gasteiger partial charge in [0.25, 0.3) is 5.54 Å². The average molecular weight is 174 g/mol. The van der Waals surface area contributed by atoms with Crippen molar-refractivity contribution in [3.05, 3.63) is 10.1 Å². The van der Waals surface area contributed by atoms with Crippen LogP contribution < -0.4 is 0 Å². The minimum atomic E-state index is -0.882. The first-order valence-electron chi connectivity index (χ1n) is 4.01. The summed E-state index contributed by atoms with van der Waals surface area (Å²) in [6, 6.07) is 0. The third kappa shape index (κ3) is 1.56. The Hall–Kier alpha value is -0.680. The van der Waals surface area contributed by atoms with E-state index in [2.05, 4.69) is 0 Å². The van der Waals surface area contributed by atoms with Gasteiger partial charge in [0.05, 0.1) is 13.3 Å². The first-order valence-corrected chi connectivity index (χ1v) is 4.01. The van der Waals surface area contributed by atoms with E-state index in [-0.39, 0.29) is 11.5 Å². The number of rotatable bonds is 2. The topological polar surface area (TPSA) is 55.6 Å². The van der Waals surface area contributed by atoms with Crippen LogP contribution in [0.1, 0.15) is 13.3 Å². The summed E-state index contributed by atoms with van der Waals surface area (Å²) < 4.78 is 5.13. The number of likely N-dealkylation sites (N-methyl/N-ethyl adjacent to an activating group) is 1. The second kappa shape index (κ2) is 3.37. The van der Waals surface area contributed by atoms with Gasteiger partial charge in [-0.2, -0.15) is 0 Å². The highest BCUT2D eigenvalue weighted by Crippen LogP contribution is 2.20. The van der Waals surface area contributed by atoms with Crippen LogP contribution in [0.25, 0.3) is 0 Å². The van der Waals surface area contributed by atoms with Gasteiger partial charge >= 0.3 is 0 Å². The summed E-state index contributed by atoms with van der Waals surface area (Å²) >= 11 is 0. The molecule has 70 valence electrons. The molecule has 0 unspecified atom stereocenters. The molecule has 1 saturated heterocycles. The van der Waals surface area contributed by atoms with E-state index in [0.29, 0.717) is 19.7 Å². The molecule has 0 aromatic rings. The average Bonchev–Trinajstić information content (AvgIpc) is 2.04. The Morgan fingerprint density at radius 1 is 1.75 bits per heavy atom. The van der Waals surface area contributed by atoms with Gasteiger partial charge < -0.3 is 4.74 Å². The first-order chi connectivity index (χ1) is 5.60. The maximum absolute atomic E-state index is 10.8. The van der Waals surface area contributed by atoms with Crippen LogP contribution >= 0.6 is 0 Å². The van der Waals surface area contributed by atoms with Crippen molar-refractivity contribution in [2.45, 2.75) is 18.9 Å². The lowest BCUT2D eigenvalue weighted by Gasteiger charge is -2.33. The van der Waals surface area contributed by atoms with Gasteiger partial charge in [-0.05, 0) is 7.05 Å². The summed E-state index contributed by atoms with van der Waals surface area (Å²) in [5.41, 5.74) is -0.882. The fourth-order valence-corrected chi connectivity index (χ4v) is 1.44. The highest BCUT2D eigenvalue weighted by atomic mass is 16.6. The number of ether oxygens (including phenoxy) is 1. The minimum absolute atomic E-state index is 0.220. The van der Waals surface area contributed by atoms with Gasteiger partial charge in [0, 0.05) is 11.3 Å². The predicted molar refractivity (Wildman–Crippen MR) is 43.5 cm³/mol. The molecule has 1 aliphatic rings. The molecule has 0 bridgehead atoms. The monoisotopic (exact) mass is 174 g/mol. The number of nitro groups is 1. The van der Waals surface area contributed by atoms with E-state index < -0.39 is 5.54 Å². The number of hydrogen-bond donors (Lipinski definition) is 0. The van der Waals surface area contributed by atoms with Crippen LogP contribution in [0.2, 0.25) is 0 Å². The Balaban J connectivity index is 2.71. The standard InChI is InChI=1S/C7H14N2O3/c1-3-7(9(10)11)4-8(2)6-12-5-7/h3-6H2,1-2H3/t7-/m0/s1. The van der Waals surface area contributed by atoms with Crippen molar-refractivity contribution < 1.29 is 9.66 Å². The molecule has 0 radical (unpaired) electrons. The third-order valence-corrected chi connectivity index (χ3v) is 2.29. The number of hydrogen-bond acceptors (Lipinski definition) is 4. The van der Waals surface area contributed by atoms with E-state index in [1.165, 1.54) is 0 Å². The molecule has 0 aromatic carbocycles. The molecule has 1 heterocycles. The molecule has 1 atom stereocenters. The van der Waals surface area contributed by atoms with Crippen LogP contribution in [0, 0.1) is 10.1 Å². The van der Waals surface area contributed by atoms with Crippen molar-refractivity contribution in [1.82, 2.24) is 4.90 Å². The molecule has 0 aliphatic carbocycles. The molecular formula is C7H14N2O3. The zero-order chi connectivity index (χ0) is 9.19. The van der Waals surface area contributed by atoms with Gasteiger partial charge in [-0.25, -0.2) is 0 Å². The minimum Gasteiger partial charge on any atom is -0.359 e. The van der Waals surface area contributed by atoms with Crippen molar-refractivity contribution in [3.8, 4) is 0 Å².